The zero-order valence-electron chi connectivity index (χ0n) is 15.9. The summed E-state index contributed by atoms with van der Waals surface area (Å²) in [4.78, 5) is 14.3. The minimum atomic E-state index is -3.66. The third-order valence-electron chi connectivity index (χ3n) is 4.05. The summed E-state index contributed by atoms with van der Waals surface area (Å²) >= 11 is 0. The highest BCUT2D eigenvalue weighted by molar-refractivity contribution is 7.87. The van der Waals surface area contributed by atoms with Gasteiger partial charge < -0.3 is 13.8 Å². The Hall–Kier alpha value is -1.76. The van der Waals surface area contributed by atoms with E-state index in [9.17, 15) is 13.2 Å². The van der Waals surface area contributed by atoms with Gasteiger partial charge in [-0.1, -0.05) is 26.8 Å². The van der Waals surface area contributed by atoms with E-state index in [1.807, 2.05) is 38.7 Å². The molecule has 0 fully saturated rings. The first-order valence-electron chi connectivity index (χ1n) is 8.54. The molecular formula is C18H29NO5S. The van der Waals surface area contributed by atoms with Crippen molar-refractivity contribution >= 4 is 16.0 Å². The average Bonchev–Trinajstić information content (AvgIpc) is 2.58. The molecule has 25 heavy (non-hydrogen) atoms. The van der Waals surface area contributed by atoms with E-state index in [-0.39, 0.29) is 29.4 Å². The summed E-state index contributed by atoms with van der Waals surface area (Å²) in [5, 5.41) is 0. The van der Waals surface area contributed by atoms with Crippen LogP contribution in [0, 0.1) is 5.92 Å². The van der Waals surface area contributed by atoms with Gasteiger partial charge in [0.2, 0.25) is 5.91 Å². The van der Waals surface area contributed by atoms with Gasteiger partial charge in [-0.05, 0) is 38.0 Å². The highest BCUT2D eigenvalue weighted by Crippen LogP contribution is 2.30. The molecule has 0 bridgehead atoms. The van der Waals surface area contributed by atoms with E-state index in [1.54, 1.807) is 12.1 Å². The van der Waals surface area contributed by atoms with Gasteiger partial charge in [-0.2, -0.15) is 8.42 Å². The molecule has 1 amide bonds. The van der Waals surface area contributed by atoms with Crippen LogP contribution in [-0.4, -0.2) is 38.1 Å². The fourth-order valence-electron chi connectivity index (χ4n) is 2.28. The summed E-state index contributed by atoms with van der Waals surface area (Å²) in [5.41, 5.74) is 0.788. The summed E-state index contributed by atoms with van der Waals surface area (Å²) in [6.07, 6.45) is 0.836. The van der Waals surface area contributed by atoms with Crippen molar-refractivity contribution in [3.63, 3.8) is 0 Å². The fourth-order valence-corrected chi connectivity index (χ4v) is 2.80. The summed E-state index contributed by atoms with van der Waals surface area (Å²) < 4.78 is 33.9. The van der Waals surface area contributed by atoms with E-state index in [0.717, 1.165) is 12.0 Å². The van der Waals surface area contributed by atoms with Crippen molar-refractivity contribution in [2.75, 3.05) is 12.9 Å². The van der Waals surface area contributed by atoms with E-state index in [2.05, 4.69) is 0 Å². The number of hydrogen-bond donors (Lipinski definition) is 0. The van der Waals surface area contributed by atoms with Crippen molar-refractivity contribution in [1.29, 1.82) is 0 Å². The molecule has 1 aromatic rings. The van der Waals surface area contributed by atoms with Crippen LogP contribution in [0.15, 0.2) is 18.2 Å². The second-order valence-corrected chi connectivity index (χ2v) is 8.15. The van der Waals surface area contributed by atoms with Crippen molar-refractivity contribution in [3.8, 4) is 11.5 Å². The second kappa shape index (κ2) is 9.08. The Bertz CT molecular complexity index is 685. The summed E-state index contributed by atoms with van der Waals surface area (Å²) in [6, 6.07) is 5.17. The monoisotopic (exact) mass is 371 g/mol. The number of ether oxygens (including phenoxy) is 1. The lowest BCUT2D eigenvalue weighted by atomic mass is 10.1. The molecule has 1 aromatic carbocycles. The Morgan fingerprint density at radius 1 is 1.16 bits per heavy atom. The van der Waals surface area contributed by atoms with Gasteiger partial charge >= 0.3 is 10.1 Å². The third kappa shape index (κ3) is 5.92. The van der Waals surface area contributed by atoms with Gasteiger partial charge in [0.25, 0.3) is 0 Å². The van der Waals surface area contributed by atoms with Gasteiger partial charge in [0, 0.05) is 18.5 Å². The SMILES string of the molecule is CC[C@@H](C)N(Cc1ccc(OC)c(OS(=O)(=O)CC)c1)C(=O)C(C)C. The van der Waals surface area contributed by atoms with E-state index in [1.165, 1.54) is 14.0 Å². The summed E-state index contributed by atoms with van der Waals surface area (Å²) in [5.74, 6) is 0.303. The molecule has 0 aliphatic carbocycles. The molecule has 1 rings (SSSR count). The molecule has 0 spiro atoms. The number of nitrogens with zero attached hydrogens (tertiary/aromatic N) is 1. The topological polar surface area (TPSA) is 72.9 Å². The van der Waals surface area contributed by atoms with Crippen molar-refractivity contribution in [1.82, 2.24) is 4.90 Å². The largest absolute Gasteiger partial charge is 0.493 e. The lowest BCUT2D eigenvalue weighted by molar-refractivity contribution is -0.137. The molecule has 0 aliphatic heterocycles. The zero-order chi connectivity index (χ0) is 19.2. The first kappa shape index (κ1) is 21.3. The molecule has 0 aromatic heterocycles. The molecular weight excluding hydrogens is 342 g/mol. The Balaban J connectivity index is 3.17. The maximum Gasteiger partial charge on any atom is 0.309 e. The first-order valence-corrected chi connectivity index (χ1v) is 10.1. The van der Waals surface area contributed by atoms with Gasteiger partial charge in [-0.15, -0.1) is 0 Å². The molecule has 142 valence electrons. The van der Waals surface area contributed by atoms with Crippen LogP contribution >= 0.6 is 0 Å². The highest BCUT2D eigenvalue weighted by Gasteiger charge is 2.23. The molecule has 0 unspecified atom stereocenters. The Morgan fingerprint density at radius 2 is 1.80 bits per heavy atom. The van der Waals surface area contributed by atoms with Gasteiger partial charge in [-0.25, -0.2) is 0 Å². The molecule has 6 nitrogen and oxygen atoms in total. The number of benzene rings is 1. The van der Waals surface area contributed by atoms with Crippen LogP contribution in [0.25, 0.3) is 0 Å². The zero-order valence-corrected chi connectivity index (χ0v) is 16.7. The van der Waals surface area contributed by atoms with Gasteiger partial charge in [0.1, 0.15) is 0 Å². The summed E-state index contributed by atoms with van der Waals surface area (Å²) in [6.45, 7) is 9.67. The standard InChI is InChI=1S/C18H29NO5S/c1-7-14(5)19(18(20)13(3)4)12-15-9-10-16(23-6)17(11-15)24-25(21,22)8-2/h9-11,13-14H,7-8,12H2,1-6H3/t14-/m1/s1. The van der Waals surface area contributed by atoms with Crippen LogP contribution in [0.5, 0.6) is 11.5 Å². The van der Waals surface area contributed by atoms with Crippen LogP contribution in [0.1, 0.15) is 46.6 Å². The smallest absolute Gasteiger partial charge is 0.309 e. The van der Waals surface area contributed by atoms with Crippen LogP contribution < -0.4 is 8.92 Å². The van der Waals surface area contributed by atoms with E-state index in [0.29, 0.717) is 12.3 Å². The van der Waals surface area contributed by atoms with E-state index >= 15 is 0 Å². The number of carbonyl (C=O) groups excluding carboxylic acids is 1. The van der Waals surface area contributed by atoms with Gasteiger partial charge in [0.15, 0.2) is 11.5 Å². The van der Waals surface area contributed by atoms with Crippen LogP contribution in [0.4, 0.5) is 0 Å². The predicted octanol–water partition coefficient (Wildman–Crippen LogP) is 3.21. The molecule has 1 atom stereocenters. The second-order valence-electron chi connectivity index (χ2n) is 6.29. The fraction of sp³-hybridized carbons (Fsp3) is 0.611. The van der Waals surface area contributed by atoms with Crippen molar-refractivity contribution < 1.29 is 22.1 Å². The quantitative estimate of drug-likeness (QED) is 0.623. The molecule has 0 N–H and O–H groups in total. The Labute approximate surface area is 151 Å². The van der Waals surface area contributed by atoms with E-state index in [4.69, 9.17) is 8.92 Å². The highest BCUT2D eigenvalue weighted by atomic mass is 32.2. The van der Waals surface area contributed by atoms with Gasteiger partial charge in [0.05, 0.1) is 12.9 Å². The first-order chi connectivity index (χ1) is 11.6. The third-order valence-corrected chi connectivity index (χ3v) is 5.19. The Kier molecular flexibility index (Phi) is 7.73. The minimum Gasteiger partial charge on any atom is -0.493 e. The lowest BCUT2D eigenvalue weighted by Crippen LogP contribution is -2.40. The summed E-state index contributed by atoms with van der Waals surface area (Å²) in [7, 11) is -2.21. The minimum absolute atomic E-state index is 0.0637. The normalized spacial score (nSPS) is 12.8. The van der Waals surface area contributed by atoms with Crippen LogP contribution in [0.2, 0.25) is 0 Å². The number of methoxy groups -OCH3 is 1. The van der Waals surface area contributed by atoms with Gasteiger partial charge in [-0.3, -0.25) is 4.79 Å². The van der Waals surface area contributed by atoms with Crippen molar-refractivity contribution in [2.24, 2.45) is 5.92 Å². The Morgan fingerprint density at radius 3 is 2.28 bits per heavy atom. The average molecular weight is 371 g/mol. The maximum absolute atomic E-state index is 12.5. The van der Waals surface area contributed by atoms with Crippen LogP contribution in [-0.2, 0) is 21.5 Å². The predicted molar refractivity (Wildman–Crippen MR) is 98.2 cm³/mol. The number of amides is 1. The molecule has 7 heteroatoms. The maximum atomic E-state index is 12.5. The van der Waals surface area contributed by atoms with Crippen LogP contribution in [0.3, 0.4) is 0 Å². The van der Waals surface area contributed by atoms with Crippen molar-refractivity contribution in [3.05, 3.63) is 23.8 Å². The molecule has 0 heterocycles. The molecule has 0 saturated carbocycles. The number of hydrogen-bond acceptors (Lipinski definition) is 5. The molecule has 0 aliphatic rings. The van der Waals surface area contributed by atoms with Crippen molar-refractivity contribution in [2.45, 2.75) is 53.6 Å². The molecule has 0 saturated heterocycles. The van der Waals surface area contributed by atoms with E-state index < -0.39 is 10.1 Å². The number of carbonyl (C=O) groups is 1. The molecule has 0 radical (unpaired) electrons. The number of rotatable bonds is 9. The lowest BCUT2D eigenvalue weighted by Gasteiger charge is -2.30.